The molecule has 0 unspecified atom stereocenters. The van der Waals surface area contributed by atoms with Gasteiger partial charge in [-0.1, -0.05) is 72.8 Å². The van der Waals surface area contributed by atoms with Crippen molar-refractivity contribution in [3.05, 3.63) is 131 Å². The van der Waals surface area contributed by atoms with E-state index in [-0.39, 0.29) is 17.5 Å². The van der Waals surface area contributed by atoms with Crippen molar-refractivity contribution in [3.8, 4) is 11.5 Å². The van der Waals surface area contributed by atoms with Crippen molar-refractivity contribution in [2.75, 3.05) is 19.5 Å². The molecule has 7 rings (SSSR count). The minimum atomic E-state index is -1.37. The van der Waals surface area contributed by atoms with Gasteiger partial charge in [-0.3, -0.25) is 14.4 Å². The van der Waals surface area contributed by atoms with Crippen molar-refractivity contribution >= 4 is 29.2 Å². The number of hydrogen-bond acceptors (Lipinski definition) is 6. The summed E-state index contributed by atoms with van der Waals surface area (Å²) in [6, 6.07) is 27.7. The Morgan fingerprint density at radius 1 is 0.786 bits per heavy atom. The van der Waals surface area contributed by atoms with Crippen LogP contribution in [0.3, 0.4) is 0 Å². The van der Waals surface area contributed by atoms with Crippen LogP contribution in [0, 0.1) is 5.92 Å². The van der Waals surface area contributed by atoms with Gasteiger partial charge in [-0.2, -0.15) is 0 Å². The van der Waals surface area contributed by atoms with Gasteiger partial charge in [0, 0.05) is 23.0 Å². The quantitative estimate of drug-likeness (QED) is 0.308. The van der Waals surface area contributed by atoms with Gasteiger partial charge in [0.25, 0.3) is 0 Å². The van der Waals surface area contributed by atoms with Crippen LogP contribution in [0.2, 0.25) is 0 Å². The second-order valence-electron chi connectivity index (χ2n) is 10.7. The number of Topliss-reactive ketones (excluding diaryl/α,β-unsaturated/α-hetero) is 2. The fourth-order valence-corrected chi connectivity index (χ4v) is 7.11. The SMILES string of the molecule is COc1ccc(C(=O)[C@@H]2[C@H](C(=O)c3ccccc3)[C@]3(C(=O)Nc4ccccc43)[C@@H]3c4ccccc4C=CN23)cc1OC. The summed E-state index contributed by atoms with van der Waals surface area (Å²) >= 11 is 0. The standard InChI is InChI=1S/C35H28N2O5/c1-41-27-17-16-23(20-28(27)42-2)32(39)30-29(31(38)22-11-4-3-5-12-22)35(25-14-8-9-15-26(25)36-34(35)40)33-24-13-7-6-10-21(24)18-19-37(30)33/h3-20,29-30,33H,1-2H3,(H,36,40)/t29-,30+,33+,35+/m1/s1. The highest BCUT2D eigenvalue weighted by atomic mass is 16.5. The molecule has 1 spiro atoms. The van der Waals surface area contributed by atoms with Gasteiger partial charge in [0.15, 0.2) is 23.1 Å². The Labute approximate surface area is 243 Å². The molecule has 0 aromatic heterocycles. The second-order valence-corrected chi connectivity index (χ2v) is 10.7. The van der Waals surface area contributed by atoms with Gasteiger partial charge in [-0.25, -0.2) is 0 Å². The summed E-state index contributed by atoms with van der Waals surface area (Å²) < 4.78 is 10.9. The molecule has 1 amide bonds. The summed E-state index contributed by atoms with van der Waals surface area (Å²) in [5, 5.41) is 3.07. The number of ether oxygens (including phenoxy) is 2. The first kappa shape index (κ1) is 25.8. The fraction of sp³-hybridized carbons (Fsp3) is 0.171. The minimum absolute atomic E-state index is 0.262. The summed E-state index contributed by atoms with van der Waals surface area (Å²) in [5.41, 5.74) is 2.63. The summed E-state index contributed by atoms with van der Waals surface area (Å²) in [6.07, 6.45) is 3.81. The zero-order chi connectivity index (χ0) is 29.0. The Morgan fingerprint density at radius 3 is 2.29 bits per heavy atom. The van der Waals surface area contributed by atoms with Crippen LogP contribution in [-0.4, -0.2) is 42.6 Å². The van der Waals surface area contributed by atoms with Crippen molar-refractivity contribution in [3.63, 3.8) is 0 Å². The first-order valence-electron chi connectivity index (χ1n) is 13.8. The van der Waals surface area contributed by atoms with Crippen LogP contribution in [0.25, 0.3) is 6.08 Å². The van der Waals surface area contributed by atoms with E-state index in [1.165, 1.54) is 14.2 Å². The molecule has 7 nitrogen and oxygen atoms in total. The lowest BCUT2D eigenvalue weighted by Gasteiger charge is -2.38. The van der Waals surface area contributed by atoms with Crippen LogP contribution >= 0.6 is 0 Å². The summed E-state index contributed by atoms with van der Waals surface area (Å²) in [4.78, 5) is 45.9. The molecule has 4 atom stereocenters. The molecule has 0 radical (unpaired) electrons. The van der Waals surface area contributed by atoms with E-state index in [4.69, 9.17) is 9.47 Å². The van der Waals surface area contributed by atoms with E-state index in [1.807, 2.05) is 71.8 Å². The topological polar surface area (TPSA) is 84.9 Å². The molecule has 3 aliphatic heterocycles. The number of methoxy groups -OCH3 is 2. The highest BCUT2D eigenvalue weighted by Gasteiger charge is 2.70. The van der Waals surface area contributed by atoms with Gasteiger partial charge in [0.2, 0.25) is 5.91 Å². The summed E-state index contributed by atoms with van der Waals surface area (Å²) in [7, 11) is 3.05. The van der Waals surface area contributed by atoms with E-state index in [0.717, 1.165) is 11.1 Å². The number of amides is 1. The van der Waals surface area contributed by atoms with Crippen LogP contribution < -0.4 is 14.8 Å². The number of fused-ring (bicyclic) bond motifs is 6. The number of carbonyl (C=O) groups excluding carboxylic acids is 3. The molecule has 3 aliphatic rings. The number of ketones is 2. The number of para-hydroxylation sites is 1. The van der Waals surface area contributed by atoms with Gasteiger partial charge in [0.1, 0.15) is 11.5 Å². The van der Waals surface area contributed by atoms with E-state index in [9.17, 15) is 14.4 Å². The third-order valence-electron chi connectivity index (χ3n) is 8.85. The maximum Gasteiger partial charge on any atom is 0.238 e. The molecule has 0 saturated carbocycles. The van der Waals surface area contributed by atoms with Crippen molar-refractivity contribution in [1.82, 2.24) is 4.90 Å². The van der Waals surface area contributed by atoms with Crippen molar-refractivity contribution in [2.45, 2.75) is 17.5 Å². The van der Waals surface area contributed by atoms with E-state index < -0.39 is 23.4 Å². The Bertz CT molecular complexity index is 1780. The molecule has 7 heteroatoms. The number of rotatable bonds is 6. The largest absolute Gasteiger partial charge is 0.493 e. The van der Waals surface area contributed by atoms with Gasteiger partial charge in [-0.15, -0.1) is 0 Å². The lowest BCUT2D eigenvalue weighted by molar-refractivity contribution is -0.122. The van der Waals surface area contributed by atoms with Crippen LogP contribution in [0.4, 0.5) is 5.69 Å². The zero-order valence-corrected chi connectivity index (χ0v) is 23.1. The number of hydrogen-bond donors (Lipinski definition) is 1. The molecule has 1 N–H and O–H groups in total. The predicted molar refractivity (Wildman–Crippen MR) is 159 cm³/mol. The molecule has 1 fully saturated rings. The fourth-order valence-electron chi connectivity index (χ4n) is 7.11. The maximum atomic E-state index is 14.8. The van der Waals surface area contributed by atoms with E-state index in [1.54, 1.807) is 42.5 Å². The van der Waals surface area contributed by atoms with E-state index in [0.29, 0.717) is 33.9 Å². The van der Waals surface area contributed by atoms with Crippen LogP contribution in [-0.2, 0) is 10.2 Å². The van der Waals surface area contributed by atoms with Gasteiger partial charge in [-0.05, 0) is 47.0 Å². The maximum absolute atomic E-state index is 14.8. The van der Waals surface area contributed by atoms with Crippen LogP contribution in [0.15, 0.2) is 103 Å². The normalized spacial score (nSPS) is 23.1. The van der Waals surface area contributed by atoms with E-state index >= 15 is 0 Å². The Kier molecular flexibility index (Phi) is 5.97. The Morgan fingerprint density at radius 2 is 1.50 bits per heavy atom. The molecule has 3 heterocycles. The number of anilines is 1. The van der Waals surface area contributed by atoms with Crippen molar-refractivity contribution in [1.29, 1.82) is 0 Å². The zero-order valence-electron chi connectivity index (χ0n) is 23.1. The van der Waals surface area contributed by atoms with Crippen molar-refractivity contribution < 1.29 is 23.9 Å². The minimum Gasteiger partial charge on any atom is -0.493 e. The Hall–Kier alpha value is -5.17. The molecule has 4 aromatic carbocycles. The van der Waals surface area contributed by atoms with E-state index in [2.05, 4.69) is 5.32 Å². The van der Waals surface area contributed by atoms with Crippen LogP contribution in [0.1, 0.15) is 43.4 Å². The van der Waals surface area contributed by atoms with Crippen molar-refractivity contribution in [2.24, 2.45) is 5.92 Å². The molecule has 4 aromatic rings. The summed E-state index contributed by atoms with van der Waals surface area (Å²) in [5.74, 6) is -0.981. The Balaban J connectivity index is 1.52. The second kappa shape index (κ2) is 9.73. The van der Waals surface area contributed by atoms with Gasteiger partial charge >= 0.3 is 0 Å². The highest BCUT2D eigenvalue weighted by molar-refractivity contribution is 6.16. The molecular weight excluding hydrogens is 528 g/mol. The third-order valence-corrected chi connectivity index (χ3v) is 8.85. The molecule has 0 bridgehead atoms. The molecule has 208 valence electrons. The highest BCUT2D eigenvalue weighted by Crippen LogP contribution is 2.62. The molecule has 1 saturated heterocycles. The molecule has 0 aliphatic carbocycles. The monoisotopic (exact) mass is 556 g/mol. The molecule has 42 heavy (non-hydrogen) atoms. The number of carbonyl (C=O) groups is 3. The smallest absolute Gasteiger partial charge is 0.238 e. The average Bonchev–Trinajstić information content (AvgIpc) is 3.52. The number of nitrogens with one attached hydrogen (secondary N) is 1. The lowest BCUT2D eigenvalue weighted by atomic mass is 9.62. The lowest BCUT2D eigenvalue weighted by Crippen LogP contribution is -2.49. The molecular formula is C35H28N2O5. The average molecular weight is 557 g/mol. The predicted octanol–water partition coefficient (Wildman–Crippen LogP) is 5.69. The summed E-state index contributed by atoms with van der Waals surface area (Å²) in [6.45, 7) is 0. The van der Waals surface area contributed by atoms with Crippen LogP contribution in [0.5, 0.6) is 11.5 Å². The first-order chi connectivity index (χ1) is 20.5. The number of nitrogens with zero attached hydrogens (tertiary/aromatic N) is 1. The number of benzene rings is 4. The van der Waals surface area contributed by atoms with Gasteiger partial charge in [0.05, 0.1) is 26.2 Å². The van der Waals surface area contributed by atoms with Gasteiger partial charge < -0.3 is 19.7 Å². The third kappa shape index (κ3) is 3.49. The first-order valence-corrected chi connectivity index (χ1v) is 13.8.